The fraction of sp³-hybridized carbons (Fsp3) is 0.682. The number of nitrogens with zero attached hydrogens (tertiary/aromatic N) is 4. The second-order valence-corrected chi connectivity index (χ2v) is 9.93. The van der Waals surface area contributed by atoms with Crippen molar-refractivity contribution >= 4 is 28.7 Å². The third kappa shape index (κ3) is 4.17. The predicted octanol–water partition coefficient (Wildman–Crippen LogP) is 4.26. The van der Waals surface area contributed by atoms with Crippen LogP contribution in [0.15, 0.2) is 12.3 Å². The van der Waals surface area contributed by atoms with Gasteiger partial charge in [0.05, 0.1) is 23.3 Å². The number of ether oxygens (including phenoxy) is 1. The Morgan fingerprint density at radius 1 is 1.34 bits per heavy atom. The van der Waals surface area contributed by atoms with Crippen molar-refractivity contribution in [1.82, 2.24) is 19.7 Å². The fourth-order valence-corrected chi connectivity index (χ4v) is 5.44. The second kappa shape index (κ2) is 8.64. The Morgan fingerprint density at radius 3 is 2.79 bits per heavy atom. The van der Waals surface area contributed by atoms with E-state index in [1.165, 1.54) is 0 Å². The summed E-state index contributed by atoms with van der Waals surface area (Å²) in [5.74, 6) is 2.48. The van der Waals surface area contributed by atoms with Gasteiger partial charge in [-0.3, -0.25) is 4.79 Å². The van der Waals surface area contributed by atoms with Gasteiger partial charge in [0.1, 0.15) is 0 Å². The minimum absolute atomic E-state index is 0.102. The van der Waals surface area contributed by atoms with E-state index in [0.29, 0.717) is 6.54 Å². The van der Waals surface area contributed by atoms with Gasteiger partial charge in [-0.2, -0.15) is 16.9 Å². The van der Waals surface area contributed by atoms with Crippen molar-refractivity contribution in [2.45, 2.75) is 71.1 Å². The van der Waals surface area contributed by atoms with Gasteiger partial charge in [-0.1, -0.05) is 13.8 Å². The fourth-order valence-electron chi connectivity index (χ4n) is 4.22. The molecule has 4 heterocycles. The molecule has 4 rings (SSSR count). The first kappa shape index (κ1) is 20.7. The lowest BCUT2D eigenvalue weighted by molar-refractivity contribution is 0.0443. The first-order valence-electron chi connectivity index (χ1n) is 10.8. The Kier molecular flexibility index (Phi) is 6.16. The standard InChI is InChI=1S/C22H32N4O2S/c1-14(2)20-10-18(19-11-23-26(15(3)4)21(19)24-20)22(27)25(16-7-9-29-13-16)12-17-6-5-8-28-17/h10-11,14-17H,5-9,12-13H2,1-4H3. The summed E-state index contributed by atoms with van der Waals surface area (Å²) in [6, 6.07) is 2.47. The van der Waals surface area contributed by atoms with Crippen LogP contribution in [-0.4, -0.2) is 62.4 Å². The molecule has 6 nitrogen and oxygen atoms in total. The van der Waals surface area contributed by atoms with E-state index in [4.69, 9.17) is 9.72 Å². The van der Waals surface area contributed by atoms with Crippen LogP contribution in [0.3, 0.4) is 0 Å². The number of hydrogen-bond donors (Lipinski definition) is 0. The lowest BCUT2D eigenvalue weighted by Crippen LogP contribution is -2.44. The van der Waals surface area contributed by atoms with Gasteiger partial charge in [0.25, 0.3) is 5.91 Å². The van der Waals surface area contributed by atoms with E-state index in [-0.39, 0.29) is 30.0 Å². The van der Waals surface area contributed by atoms with Crippen LogP contribution < -0.4 is 0 Å². The van der Waals surface area contributed by atoms with Crippen molar-refractivity contribution in [2.24, 2.45) is 0 Å². The van der Waals surface area contributed by atoms with Crippen molar-refractivity contribution < 1.29 is 9.53 Å². The molecule has 0 radical (unpaired) electrons. The molecule has 1 amide bonds. The molecule has 158 valence electrons. The highest BCUT2D eigenvalue weighted by atomic mass is 32.2. The summed E-state index contributed by atoms with van der Waals surface area (Å²) in [4.78, 5) is 20.8. The highest BCUT2D eigenvalue weighted by molar-refractivity contribution is 7.99. The summed E-state index contributed by atoms with van der Waals surface area (Å²) in [7, 11) is 0. The molecule has 0 spiro atoms. The average Bonchev–Trinajstić information content (AvgIpc) is 3.45. The number of pyridine rings is 1. The average molecular weight is 417 g/mol. The molecule has 2 unspecified atom stereocenters. The van der Waals surface area contributed by atoms with Gasteiger partial charge in [0.2, 0.25) is 0 Å². The van der Waals surface area contributed by atoms with E-state index in [9.17, 15) is 4.79 Å². The molecular weight excluding hydrogens is 384 g/mol. The summed E-state index contributed by atoms with van der Waals surface area (Å²) in [5, 5.41) is 5.41. The lowest BCUT2D eigenvalue weighted by Gasteiger charge is -2.31. The monoisotopic (exact) mass is 416 g/mol. The van der Waals surface area contributed by atoms with Crippen LogP contribution in [0.2, 0.25) is 0 Å². The zero-order valence-electron chi connectivity index (χ0n) is 17.9. The Hall–Kier alpha value is -1.60. The van der Waals surface area contributed by atoms with Crippen molar-refractivity contribution in [3.63, 3.8) is 0 Å². The maximum atomic E-state index is 13.9. The van der Waals surface area contributed by atoms with E-state index < -0.39 is 0 Å². The number of fused-ring (bicyclic) bond motifs is 1. The molecule has 0 aliphatic carbocycles. The van der Waals surface area contributed by atoms with E-state index in [1.807, 2.05) is 28.7 Å². The molecule has 7 heteroatoms. The van der Waals surface area contributed by atoms with Gasteiger partial charge in [-0.15, -0.1) is 0 Å². The van der Waals surface area contributed by atoms with E-state index >= 15 is 0 Å². The third-order valence-electron chi connectivity index (χ3n) is 5.93. The van der Waals surface area contributed by atoms with Gasteiger partial charge in [0.15, 0.2) is 5.65 Å². The van der Waals surface area contributed by atoms with Gasteiger partial charge < -0.3 is 9.64 Å². The summed E-state index contributed by atoms with van der Waals surface area (Å²) in [5.41, 5.74) is 2.49. The van der Waals surface area contributed by atoms with Crippen LogP contribution in [0.1, 0.15) is 75.0 Å². The Balaban J connectivity index is 1.76. The zero-order chi connectivity index (χ0) is 20.5. The number of thioether (sulfide) groups is 1. The molecule has 2 atom stereocenters. The second-order valence-electron chi connectivity index (χ2n) is 8.78. The van der Waals surface area contributed by atoms with Crippen LogP contribution >= 0.6 is 11.8 Å². The normalized spacial score (nSPS) is 22.3. The molecule has 2 saturated heterocycles. The predicted molar refractivity (Wildman–Crippen MR) is 118 cm³/mol. The van der Waals surface area contributed by atoms with E-state index in [0.717, 1.165) is 59.7 Å². The van der Waals surface area contributed by atoms with Crippen LogP contribution in [0.4, 0.5) is 0 Å². The van der Waals surface area contributed by atoms with Gasteiger partial charge in [-0.25, -0.2) is 9.67 Å². The summed E-state index contributed by atoms with van der Waals surface area (Å²) in [6.07, 6.45) is 5.15. The number of carbonyl (C=O) groups excluding carboxylic acids is 1. The van der Waals surface area contributed by atoms with Crippen LogP contribution in [0.25, 0.3) is 11.0 Å². The molecule has 2 fully saturated rings. The number of carbonyl (C=O) groups is 1. The zero-order valence-corrected chi connectivity index (χ0v) is 18.7. The van der Waals surface area contributed by atoms with Crippen LogP contribution in [0.5, 0.6) is 0 Å². The van der Waals surface area contributed by atoms with Crippen molar-refractivity contribution in [1.29, 1.82) is 0 Å². The van der Waals surface area contributed by atoms with Crippen molar-refractivity contribution in [3.05, 3.63) is 23.5 Å². The Labute approximate surface area is 177 Å². The minimum atomic E-state index is 0.102. The molecule has 0 aromatic carbocycles. The molecular formula is C22H32N4O2S. The molecule has 0 bridgehead atoms. The summed E-state index contributed by atoms with van der Waals surface area (Å²) < 4.78 is 7.81. The topological polar surface area (TPSA) is 60.3 Å². The minimum Gasteiger partial charge on any atom is -0.376 e. The van der Waals surface area contributed by atoms with Gasteiger partial charge in [0, 0.05) is 36.7 Å². The third-order valence-corrected chi connectivity index (χ3v) is 7.07. The highest BCUT2D eigenvalue weighted by Gasteiger charge is 2.32. The highest BCUT2D eigenvalue weighted by Crippen LogP contribution is 2.29. The molecule has 0 N–H and O–H groups in total. The summed E-state index contributed by atoms with van der Waals surface area (Å²) in [6.45, 7) is 9.92. The van der Waals surface area contributed by atoms with E-state index in [1.54, 1.807) is 0 Å². The number of amides is 1. The quantitative estimate of drug-likeness (QED) is 0.704. The maximum absolute atomic E-state index is 13.9. The Morgan fingerprint density at radius 2 is 2.17 bits per heavy atom. The molecule has 0 saturated carbocycles. The Bertz CT molecular complexity index is 867. The van der Waals surface area contributed by atoms with Gasteiger partial charge >= 0.3 is 0 Å². The van der Waals surface area contributed by atoms with E-state index in [2.05, 4.69) is 37.7 Å². The number of aromatic nitrogens is 3. The number of hydrogen-bond acceptors (Lipinski definition) is 5. The first-order chi connectivity index (χ1) is 14.0. The molecule has 2 aliphatic heterocycles. The van der Waals surface area contributed by atoms with Gasteiger partial charge in [-0.05, 0) is 50.8 Å². The molecule has 2 aliphatic rings. The first-order valence-corrected chi connectivity index (χ1v) is 12.0. The van der Waals surface area contributed by atoms with Crippen LogP contribution in [-0.2, 0) is 4.74 Å². The molecule has 2 aromatic rings. The smallest absolute Gasteiger partial charge is 0.255 e. The lowest BCUT2D eigenvalue weighted by atomic mass is 10.0. The number of rotatable bonds is 6. The maximum Gasteiger partial charge on any atom is 0.255 e. The van der Waals surface area contributed by atoms with Crippen LogP contribution in [0, 0.1) is 0 Å². The van der Waals surface area contributed by atoms with Crippen molar-refractivity contribution in [2.75, 3.05) is 24.7 Å². The molecule has 29 heavy (non-hydrogen) atoms. The largest absolute Gasteiger partial charge is 0.376 e. The summed E-state index contributed by atoms with van der Waals surface area (Å²) >= 11 is 1.94. The SMILES string of the molecule is CC(C)c1cc(C(=O)N(CC2CCCO2)C2CCSC2)c2cnn(C(C)C)c2n1. The molecule has 2 aromatic heterocycles. The van der Waals surface area contributed by atoms with Crippen molar-refractivity contribution in [3.8, 4) is 0 Å².